The summed E-state index contributed by atoms with van der Waals surface area (Å²) in [7, 11) is -3.04. The first kappa shape index (κ1) is 13.8. The van der Waals surface area contributed by atoms with Crippen LogP contribution in [-0.2, 0) is 10.0 Å². The zero-order chi connectivity index (χ0) is 13.7. The number of sulfonamides is 1. The van der Waals surface area contributed by atoms with Gasteiger partial charge in [-0.3, -0.25) is 4.90 Å². The molecule has 0 bridgehead atoms. The summed E-state index contributed by atoms with van der Waals surface area (Å²) in [6.45, 7) is 5.22. The lowest BCUT2D eigenvalue weighted by Crippen LogP contribution is -2.69. The quantitative estimate of drug-likeness (QED) is 0.780. The summed E-state index contributed by atoms with van der Waals surface area (Å²) in [5.74, 6) is 1.33. The Morgan fingerprint density at radius 1 is 1.26 bits per heavy atom. The molecule has 3 aliphatic rings. The smallest absolute Gasteiger partial charge is 0.213 e. The number of aliphatic hydroxyl groups excluding tert-OH is 1. The summed E-state index contributed by atoms with van der Waals surface area (Å²) < 4.78 is 25.4. The van der Waals surface area contributed by atoms with Crippen molar-refractivity contribution in [2.45, 2.75) is 31.7 Å². The standard InChI is InChI=1S/C13H24N2O3S/c1-2-19(17,18)15-9-13(10-15)5-12(8-16)7-14(13)6-11-3-4-11/h11-12,16H,2-10H2,1H3/t12-/m0/s1. The highest BCUT2D eigenvalue weighted by atomic mass is 32.2. The fourth-order valence-electron chi connectivity index (χ4n) is 3.56. The first-order valence-electron chi connectivity index (χ1n) is 7.33. The largest absolute Gasteiger partial charge is 0.396 e. The van der Waals surface area contributed by atoms with Crippen LogP contribution in [0.1, 0.15) is 26.2 Å². The molecule has 0 aromatic carbocycles. The minimum absolute atomic E-state index is 0.0260. The van der Waals surface area contributed by atoms with Crippen LogP contribution in [0.3, 0.4) is 0 Å². The van der Waals surface area contributed by atoms with Gasteiger partial charge in [0.15, 0.2) is 0 Å². The minimum Gasteiger partial charge on any atom is -0.396 e. The van der Waals surface area contributed by atoms with E-state index >= 15 is 0 Å². The van der Waals surface area contributed by atoms with Crippen molar-refractivity contribution < 1.29 is 13.5 Å². The van der Waals surface area contributed by atoms with Gasteiger partial charge >= 0.3 is 0 Å². The topological polar surface area (TPSA) is 60.9 Å². The van der Waals surface area contributed by atoms with E-state index in [0.29, 0.717) is 19.0 Å². The van der Waals surface area contributed by atoms with E-state index in [-0.39, 0.29) is 17.9 Å². The molecule has 19 heavy (non-hydrogen) atoms. The number of aliphatic hydroxyl groups is 1. The third kappa shape index (κ3) is 2.44. The molecular formula is C13H24N2O3S. The van der Waals surface area contributed by atoms with Crippen LogP contribution in [0.15, 0.2) is 0 Å². The van der Waals surface area contributed by atoms with E-state index in [9.17, 15) is 13.5 Å². The van der Waals surface area contributed by atoms with Crippen LogP contribution < -0.4 is 0 Å². The maximum Gasteiger partial charge on any atom is 0.213 e. The average molecular weight is 288 g/mol. The normalized spacial score (nSPS) is 31.8. The second-order valence-electron chi connectivity index (χ2n) is 6.49. The Bertz CT molecular complexity index is 441. The van der Waals surface area contributed by atoms with Gasteiger partial charge in [-0.1, -0.05) is 0 Å². The molecule has 0 aromatic rings. The Labute approximate surface area is 115 Å². The van der Waals surface area contributed by atoms with Crippen LogP contribution in [0, 0.1) is 11.8 Å². The molecule has 2 heterocycles. The zero-order valence-corrected chi connectivity index (χ0v) is 12.4. The van der Waals surface area contributed by atoms with Gasteiger partial charge in [0.05, 0.1) is 5.75 Å². The zero-order valence-electron chi connectivity index (χ0n) is 11.6. The van der Waals surface area contributed by atoms with Gasteiger partial charge in [-0.15, -0.1) is 0 Å². The van der Waals surface area contributed by atoms with Crippen molar-refractivity contribution >= 4 is 10.0 Å². The predicted octanol–water partition coefficient (Wildman–Crippen LogP) is 0.115. The SMILES string of the molecule is CCS(=O)(=O)N1CC2(C[C@H](CO)CN2CC2CC2)C1. The molecule has 0 amide bonds. The molecule has 0 aromatic heterocycles. The molecule has 2 saturated heterocycles. The maximum atomic E-state index is 11.9. The van der Waals surface area contributed by atoms with Gasteiger partial charge in [-0.25, -0.2) is 8.42 Å². The lowest BCUT2D eigenvalue weighted by Gasteiger charge is -2.52. The Hall–Kier alpha value is -0.170. The van der Waals surface area contributed by atoms with Gasteiger partial charge in [-0.2, -0.15) is 4.31 Å². The van der Waals surface area contributed by atoms with Crippen LogP contribution in [0.4, 0.5) is 0 Å². The molecule has 2 aliphatic heterocycles. The molecule has 6 heteroatoms. The molecule has 1 aliphatic carbocycles. The Morgan fingerprint density at radius 2 is 1.95 bits per heavy atom. The van der Waals surface area contributed by atoms with Crippen molar-refractivity contribution in [3.63, 3.8) is 0 Å². The average Bonchev–Trinajstić information content (AvgIpc) is 3.06. The highest BCUT2D eigenvalue weighted by molar-refractivity contribution is 7.89. The molecule has 1 saturated carbocycles. The molecule has 1 N–H and O–H groups in total. The van der Waals surface area contributed by atoms with Crippen LogP contribution in [0.2, 0.25) is 0 Å². The summed E-state index contributed by atoms with van der Waals surface area (Å²) in [5.41, 5.74) is 0.0260. The molecule has 1 atom stereocenters. The fraction of sp³-hybridized carbons (Fsp3) is 1.00. The monoisotopic (exact) mass is 288 g/mol. The summed E-state index contributed by atoms with van der Waals surface area (Å²) >= 11 is 0. The number of nitrogens with zero attached hydrogens (tertiary/aromatic N) is 2. The third-order valence-corrected chi connectivity index (χ3v) is 6.73. The molecule has 1 spiro atoms. The summed E-state index contributed by atoms with van der Waals surface area (Å²) in [6, 6.07) is 0. The molecule has 3 rings (SSSR count). The first-order valence-corrected chi connectivity index (χ1v) is 8.94. The number of likely N-dealkylation sites (tertiary alicyclic amines) is 1. The Morgan fingerprint density at radius 3 is 2.47 bits per heavy atom. The predicted molar refractivity (Wildman–Crippen MR) is 73.3 cm³/mol. The minimum atomic E-state index is -3.04. The van der Waals surface area contributed by atoms with E-state index in [1.807, 2.05) is 0 Å². The first-order chi connectivity index (χ1) is 8.99. The van der Waals surface area contributed by atoms with Crippen molar-refractivity contribution in [1.29, 1.82) is 0 Å². The summed E-state index contributed by atoms with van der Waals surface area (Å²) in [5, 5.41) is 9.40. The van der Waals surface area contributed by atoms with Gasteiger partial charge in [-0.05, 0) is 38.0 Å². The van der Waals surface area contributed by atoms with Crippen LogP contribution in [0.25, 0.3) is 0 Å². The summed E-state index contributed by atoms with van der Waals surface area (Å²) in [6.07, 6.45) is 3.58. The fourth-order valence-corrected chi connectivity index (χ4v) is 4.80. The Kier molecular flexibility index (Phi) is 3.40. The van der Waals surface area contributed by atoms with Crippen molar-refractivity contribution in [1.82, 2.24) is 9.21 Å². The molecule has 110 valence electrons. The Balaban J connectivity index is 1.68. The van der Waals surface area contributed by atoms with E-state index in [1.54, 1.807) is 11.2 Å². The van der Waals surface area contributed by atoms with Crippen LogP contribution in [0.5, 0.6) is 0 Å². The number of rotatable bonds is 5. The molecule has 5 nitrogen and oxygen atoms in total. The third-order valence-electron chi connectivity index (χ3n) is 4.95. The number of hydrogen-bond donors (Lipinski definition) is 1. The van der Waals surface area contributed by atoms with E-state index in [4.69, 9.17) is 0 Å². The van der Waals surface area contributed by atoms with E-state index in [0.717, 1.165) is 25.4 Å². The van der Waals surface area contributed by atoms with E-state index in [2.05, 4.69) is 4.90 Å². The van der Waals surface area contributed by atoms with Crippen LogP contribution >= 0.6 is 0 Å². The molecular weight excluding hydrogens is 264 g/mol. The highest BCUT2D eigenvalue weighted by Crippen LogP contribution is 2.44. The van der Waals surface area contributed by atoms with Crippen LogP contribution in [-0.4, -0.2) is 66.8 Å². The van der Waals surface area contributed by atoms with Gasteiger partial charge < -0.3 is 5.11 Å². The van der Waals surface area contributed by atoms with Crippen molar-refractivity contribution in [2.24, 2.45) is 11.8 Å². The van der Waals surface area contributed by atoms with Gasteiger partial charge in [0.1, 0.15) is 0 Å². The summed E-state index contributed by atoms with van der Waals surface area (Å²) in [4.78, 5) is 2.47. The maximum absolute atomic E-state index is 11.9. The van der Waals surface area contributed by atoms with E-state index < -0.39 is 10.0 Å². The van der Waals surface area contributed by atoms with Crippen molar-refractivity contribution in [2.75, 3.05) is 38.5 Å². The van der Waals surface area contributed by atoms with Gasteiger partial charge in [0.25, 0.3) is 0 Å². The highest BCUT2D eigenvalue weighted by Gasteiger charge is 2.56. The molecule has 3 fully saturated rings. The van der Waals surface area contributed by atoms with E-state index in [1.165, 1.54) is 12.8 Å². The lowest BCUT2D eigenvalue weighted by molar-refractivity contribution is 0.0169. The second-order valence-corrected chi connectivity index (χ2v) is 8.75. The van der Waals surface area contributed by atoms with Gasteiger partial charge in [0.2, 0.25) is 10.0 Å². The number of hydrogen-bond acceptors (Lipinski definition) is 4. The second kappa shape index (κ2) is 4.69. The molecule has 0 unspecified atom stereocenters. The van der Waals surface area contributed by atoms with Crippen molar-refractivity contribution in [3.8, 4) is 0 Å². The van der Waals surface area contributed by atoms with Gasteiger partial charge in [0, 0.05) is 38.3 Å². The van der Waals surface area contributed by atoms with Crippen molar-refractivity contribution in [3.05, 3.63) is 0 Å². The molecule has 0 radical (unpaired) electrons. The lowest BCUT2D eigenvalue weighted by atomic mass is 9.86.